The second kappa shape index (κ2) is 7.86. The summed E-state index contributed by atoms with van der Waals surface area (Å²) in [5.74, 6) is 0. The SMILES string of the molecule is OC1CCN([C@H]2CCCC[C@H]2OCCc2cccc3ccccc23)C1. The van der Waals surface area contributed by atoms with Crippen molar-refractivity contribution in [2.45, 2.75) is 56.8 Å². The van der Waals surface area contributed by atoms with Crippen molar-refractivity contribution in [3.05, 3.63) is 48.0 Å². The Morgan fingerprint density at radius 2 is 1.84 bits per heavy atom. The fraction of sp³-hybridized carbons (Fsp3) is 0.545. The Morgan fingerprint density at radius 3 is 2.72 bits per heavy atom. The van der Waals surface area contributed by atoms with Crippen LogP contribution in [0.15, 0.2) is 42.5 Å². The summed E-state index contributed by atoms with van der Waals surface area (Å²) in [6.45, 7) is 2.63. The molecule has 0 amide bonds. The molecule has 0 bridgehead atoms. The summed E-state index contributed by atoms with van der Waals surface area (Å²) in [6, 6.07) is 15.6. The molecule has 3 atom stereocenters. The van der Waals surface area contributed by atoms with Crippen LogP contribution in [-0.4, -0.2) is 48.0 Å². The van der Waals surface area contributed by atoms with E-state index < -0.39 is 0 Å². The van der Waals surface area contributed by atoms with Crippen molar-refractivity contribution >= 4 is 10.8 Å². The summed E-state index contributed by atoms with van der Waals surface area (Å²) in [5.41, 5.74) is 1.38. The van der Waals surface area contributed by atoms with E-state index in [4.69, 9.17) is 4.74 Å². The Kier molecular flexibility index (Phi) is 5.35. The molecule has 3 heteroatoms. The molecule has 25 heavy (non-hydrogen) atoms. The molecule has 1 unspecified atom stereocenters. The molecule has 0 spiro atoms. The second-order valence-corrected chi connectivity index (χ2v) is 7.59. The smallest absolute Gasteiger partial charge is 0.0730 e. The van der Waals surface area contributed by atoms with Crippen LogP contribution in [0.5, 0.6) is 0 Å². The Balaban J connectivity index is 1.38. The van der Waals surface area contributed by atoms with Gasteiger partial charge in [0.2, 0.25) is 0 Å². The molecule has 2 aromatic carbocycles. The van der Waals surface area contributed by atoms with Crippen molar-refractivity contribution in [2.75, 3.05) is 19.7 Å². The molecule has 134 valence electrons. The van der Waals surface area contributed by atoms with Crippen LogP contribution in [0.4, 0.5) is 0 Å². The zero-order chi connectivity index (χ0) is 17.1. The van der Waals surface area contributed by atoms with Crippen molar-refractivity contribution in [2.24, 2.45) is 0 Å². The number of nitrogens with zero attached hydrogens (tertiary/aromatic N) is 1. The lowest BCUT2D eigenvalue weighted by molar-refractivity contribution is -0.0315. The van der Waals surface area contributed by atoms with Crippen molar-refractivity contribution in [1.82, 2.24) is 4.90 Å². The minimum atomic E-state index is -0.141. The van der Waals surface area contributed by atoms with Crippen LogP contribution in [0, 0.1) is 0 Å². The lowest BCUT2D eigenvalue weighted by atomic mass is 9.91. The number of aliphatic hydroxyl groups is 1. The van der Waals surface area contributed by atoms with E-state index in [0.717, 1.165) is 39.0 Å². The standard InChI is InChI=1S/C22H29NO2/c24-19-12-14-23(16-19)21-10-3-4-11-22(21)25-15-13-18-8-5-7-17-6-1-2-9-20(17)18/h1-2,5-9,19,21-22,24H,3-4,10-16H2/t19?,21-,22+/m0/s1. The van der Waals surface area contributed by atoms with E-state index in [1.807, 2.05) is 0 Å². The molecule has 1 saturated carbocycles. The van der Waals surface area contributed by atoms with E-state index in [9.17, 15) is 5.11 Å². The molecule has 0 radical (unpaired) electrons. The second-order valence-electron chi connectivity index (χ2n) is 7.59. The van der Waals surface area contributed by atoms with Gasteiger partial charge in [0.15, 0.2) is 0 Å². The molecule has 1 heterocycles. The van der Waals surface area contributed by atoms with Gasteiger partial charge >= 0.3 is 0 Å². The third kappa shape index (κ3) is 3.89. The number of hydrogen-bond donors (Lipinski definition) is 1. The number of β-amino-alcohol motifs (C(OH)–C–C–N with tert-alkyl or cyclic N) is 1. The summed E-state index contributed by atoms with van der Waals surface area (Å²) in [6.07, 6.45) is 7.00. The molecule has 3 nitrogen and oxygen atoms in total. The first kappa shape index (κ1) is 17.0. The molecule has 2 aromatic rings. The first-order valence-corrected chi connectivity index (χ1v) is 9.81. The Morgan fingerprint density at radius 1 is 1.00 bits per heavy atom. The Bertz CT molecular complexity index is 696. The predicted octanol–water partition coefficient (Wildman–Crippen LogP) is 3.78. The summed E-state index contributed by atoms with van der Waals surface area (Å²) in [4.78, 5) is 2.46. The molecule has 1 saturated heterocycles. The molecule has 0 aromatic heterocycles. The molecule has 2 aliphatic rings. The monoisotopic (exact) mass is 339 g/mol. The summed E-state index contributed by atoms with van der Waals surface area (Å²) in [7, 11) is 0. The van der Waals surface area contributed by atoms with Gasteiger partial charge in [0, 0.05) is 19.1 Å². The average molecular weight is 339 g/mol. The summed E-state index contributed by atoms with van der Waals surface area (Å²) >= 11 is 0. The largest absolute Gasteiger partial charge is 0.392 e. The van der Waals surface area contributed by atoms with Crippen LogP contribution in [0.2, 0.25) is 0 Å². The van der Waals surface area contributed by atoms with E-state index in [1.54, 1.807) is 0 Å². The maximum Gasteiger partial charge on any atom is 0.0730 e. The van der Waals surface area contributed by atoms with E-state index in [0.29, 0.717) is 12.1 Å². The topological polar surface area (TPSA) is 32.7 Å². The molecular weight excluding hydrogens is 310 g/mol. The summed E-state index contributed by atoms with van der Waals surface area (Å²) < 4.78 is 6.37. The minimum absolute atomic E-state index is 0.141. The van der Waals surface area contributed by atoms with Gasteiger partial charge in [-0.1, -0.05) is 55.3 Å². The number of hydrogen-bond acceptors (Lipinski definition) is 3. The minimum Gasteiger partial charge on any atom is -0.392 e. The predicted molar refractivity (Wildman–Crippen MR) is 102 cm³/mol. The number of rotatable bonds is 5. The van der Waals surface area contributed by atoms with Gasteiger partial charge in [-0.05, 0) is 42.0 Å². The van der Waals surface area contributed by atoms with Crippen molar-refractivity contribution in [1.29, 1.82) is 0 Å². The number of fused-ring (bicyclic) bond motifs is 1. The van der Waals surface area contributed by atoms with Gasteiger partial charge in [0.1, 0.15) is 0 Å². The fourth-order valence-corrected chi connectivity index (χ4v) is 4.59. The van der Waals surface area contributed by atoms with Crippen LogP contribution in [0.25, 0.3) is 10.8 Å². The zero-order valence-electron chi connectivity index (χ0n) is 14.9. The van der Waals surface area contributed by atoms with Gasteiger partial charge in [0.25, 0.3) is 0 Å². The molecule has 1 N–H and O–H groups in total. The number of aliphatic hydroxyl groups excluding tert-OH is 1. The quantitative estimate of drug-likeness (QED) is 0.900. The highest BCUT2D eigenvalue weighted by Crippen LogP contribution is 2.28. The average Bonchev–Trinajstić information content (AvgIpc) is 3.08. The first-order chi connectivity index (χ1) is 12.3. The van der Waals surface area contributed by atoms with Crippen LogP contribution >= 0.6 is 0 Å². The molecule has 2 fully saturated rings. The van der Waals surface area contributed by atoms with Crippen molar-refractivity contribution in [3.8, 4) is 0 Å². The van der Waals surface area contributed by atoms with E-state index in [1.165, 1.54) is 35.6 Å². The number of likely N-dealkylation sites (tertiary alicyclic amines) is 1. The highest BCUT2D eigenvalue weighted by atomic mass is 16.5. The van der Waals surface area contributed by atoms with Crippen LogP contribution in [-0.2, 0) is 11.2 Å². The van der Waals surface area contributed by atoms with Crippen LogP contribution in [0.3, 0.4) is 0 Å². The van der Waals surface area contributed by atoms with Gasteiger partial charge in [-0.3, -0.25) is 4.90 Å². The van der Waals surface area contributed by atoms with Crippen molar-refractivity contribution in [3.63, 3.8) is 0 Å². The molecule has 1 aliphatic heterocycles. The number of benzene rings is 2. The maximum absolute atomic E-state index is 9.86. The third-order valence-electron chi connectivity index (χ3n) is 5.91. The van der Waals surface area contributed by atoms with Gasteiger partial charge in [0.05, 0.1) is 18.8 Å². The van der Waals surface area contributed by atoms with E-state index >= 15 is 0 Å². The zero-order valence-corrected chi connectivity index (χ0v) is 14.9. The summed E-state index contributed by atoms with van der Waals surface area (Å²) in [5, 5.41) is 12.5. The van der Waals surface area contributed by atoms with E-state index in [2.05, 4.69) is 47.4 Å². The molecular formula is C22H29NO2. The first-order valence-electron chi connectivity index (χ1n) is 9.81. The highest BCUT2D eigenvalue weighted by Gasteiger charge is 2.34. The molecule has 1 aliphatic carbocycles. The third-order valence-corrected chi connectivity index (χ3v) is 5.91. The lowest BCUT2D eigenvalue weighted by Crippen LogP contribution is -2.46. The van der Waals surface area contributed by atoms with Gasteiger partial charge in [-0.2, -0.15) is 0 Å². The van der Waals surface area contributed by atoms with E-state index in [-0.39, 0.29) is 6.10 Å². The van der Waals surface area contributed by atoms with Crippen molar-refractivity contribution < 1.29 is 9.84 Å². The fourth-order valence-electron chi connectivity index (χ4n) is 4.59. The highest BCUT2D eigenvalue weighted by molar-refractivity contribution is 5.85. The van der Waals surface area contributed by atoms with Gasteiger partial charge in [-0.15, -0.1) is 0 Å². The Hall–Kier alpha value is -1.42. The van der Waals surface area contributed by atoms with Gasteiger partial charge < -0.3 is 9.84 Å². The van der Waals surface area contributed by atoms with Crippen LogP contribution in [0.1, 0.15) is 37.7 Å². The van der Waals surface area contributed by atoms with Gasteiger partial charge in [-0.25, -0.2) is 0 Å². The lowest BCUT2D eigenvalue weighted by Gasteiger charge is -2.37. The van der Waals surface area contributed by atoms with Crippen LogP contribution < -0.4 is 0 Å². The number of ether oxygens (including phenoxy) is 1. The Labute approximate surface area is 150 Å². The normalized spacial score (nSPS) is 27.8. The molecule has 4 rings (SSSR count). The maximum atomic E-state index is 9.86.